The highest BCUT2D eigenvalue weighted by Crippen LogP contribution is 2.20. The number of carboxylic acid groups (broad SMARTS) is 1. The summed E-state index contributed by atoms with van der Waals surface area (Å²) in [5, 5.41) is 9.14. The Kier molecular flexibility index (Phi) is 5.28. The summed E-state index contributed by atoms with van der Waals surface area (Å²) in [7, 11) is 0. The standard InChI is InChI=1S/C11H19NO3S/c1-8(7-16-9(2)13)6-12-5-3-4-10(12)11(14)15/h8,10H,3-7H2,1-2H3,(H,14,15). The Balaban J connectivity index is 2.35. The van der Waals surface area contributed by atoms with Crippen molar-refractivity contribution >= 4 is 22.8 Å². The zero-order chi connectivity index (χ0) is 12.1. The fourth-order valence-corrected chi connectivity index (χ4v) is 2.66. The van der Waals surface area contributed by atoms with E-state index < -0.39 is 5.97 Å². The van der Waals surface area contributed by atoms with Crippen molar-refractivity contribution in [1.82, 2.24) is 4.90 Å². The summed E-state index contributed by atoms with van der Waals surface area (Å²) in [5.41, 5.74) is 0. The lowest BCUT2D eigenvalue weighted by Gasteiger charge is -2.24. The Bertz CT molecular complexity index is 270. The van der Waals surface area contributed by atoms with Gasteiger partial charge in [0.05, 0.1) is 0 Å². The molecule has 1 saturated heterocycles. The summed E-state index contributed by atoms with van der Waals surface area (Å²) in [4.78, 5) is 23.8. The smallest absolute Gasteiger partial charge is 0.320 e. The van der Waals surface area contributed by atoms with Crippen LogP contribution in [0.1, 0.15) is 26.7 Å². The molecule has 0 spiro atoms. The van der Waals surface area contributed by atoms with Crippen LogP contribution < -0.4 is 0 Å². The largest absolute Gasteiger partial charge is 0.480 e. The van der Waals surface area contributed by atoms with Crippen LogP contribution in [-0.4, -0.2) is 46.0 Å². The number of thioether (sulfide) groups is 1. The lowest BCUT2D eigenvalue weighted by Crippen LogP contribution is -2.39. The molecule has 0 radical (unpaired) electrons. The molecule has 16 heavy (non-hydrogen) atoms. The number of hydrogen-bond donors (Lipinski definition) is 1. The third-order valence-electron chi connectivity index (χ3n) is 2.77. The lowest BCUT2D eigenvalue weighted by molar-refractivity contribution is -0.142. The van der Waals surface area contributed by atoms with Crippen LogP contribution in [0.3, 0.4) is 0 Å². The van der Waals surface area contributed by atoms with Crippen molar-refractivity contribution in [1.29, 1.82) is 0 Å². The number of hydrogen-bond acceptors (Lipinski definition) is 4. The summed E-state index contributed by atoms with van der Waals surface area (Å²) in [6, 6.07) is -0.315. The Morgan fingerprint density at radius 1 is 1.56 bits per heavy atom. The summed E-state index contributed by atoms with van der Waals surface area (Å²) in [5.74, 6) is 0.413. The number of nitrogens with zero attached hydrogens (tertiary/aromatic N) is 1. The van der Waals surface area contributed by atoms with Crippen LogP contribution >= 0.6 is 11.8 Å². The van der Waals surface area contributed by atoms with Gasteiger partial charge in [-0.1, -0.05) is 18.7 Å². The van der Waals surface area contributed by atoms with E-state index in [0.717, 1.165) is 31.7 Å². The van der Waals surface area contributed by atoms with Crippen molar-refractivity contribution in [3.05, 3.63) is 0 Å². The second-order valence-electron chi connectivity index (χ2n) is 4.40. The summed E-state index contributed by atoms with van der Waals surface area (Å²) >= 11 is 1.32. The fourth-order valence-electron chi connectivity index (χ4n) is 2.04. The Labute approximate surface area is 100 Å². The maximum atomic E-state index is 11.0. The lowest BCUT2D eigenvalue weighted by atomic mass is 10.2. The second-order valence-corrected chi connectivity index (χ2v) is 5.60. The van der Waals surface area contributed by atoms with E-state index in [2.05, 4.69) is 6.92 Å². The molecule has 0 aromatic heterocycles. The first-order valence-electron chi connectivity index (χ1n) is 5.61. The minimum absolute atomic E-state index is 0.128. The molecular formula is C11H19NO3S. The first-order valence-corrected chi connectivity index (χ1v) is 6.59. The Hall–Kier alpha value is -0.550. The molecule has 2 atom stereocenters. The van der Waals surface area contributed by atoms with E-state index in [-0.39, 0.29) is 11.2 Å². The highest BCUT2D eigenvalue weighted by molar-refractivity contribution is 8.13. The monoisotopic (exact) mass is 245 g/mol. The van der Waals surface area contributed by atoms with Crippen LogP contribution in [0.15, 0.2) is 0 Å². The van der Waals surface area contributed by atoms with Gasteiger partial charge >= 0.3 is 5.97 Å². The van der Waals surface area contributed by atoms with Crippen LogP contribution in [0.5, 0.6) is 0 Å². The molecule has 4 nitrogen and oxygen atoms in total. The molecule has 1 fully saturated rings. The van der Waals surface area contributed by atoms with E-state index >= 15 is 0 Å². The van der Waals surface area contributed by atoms with Crippen LogP contribution in [0.2, 0.25) is 0 Å². The molecule has 1 aliphatic rings. The Morgan fingerprint density at radius 2 is 2.25 bits per heavy atom. The van der Waals surface area contributed by atoms with Gasteiger partial charge in [-0.15, -0.1) is 0 Å². The first kappa shape index (κ1) is 13.5. The number of rotatable bonds is 5. The van der Waals surface area contributed by atoms with Gasteiger partial charge in [0.2, 0.25) is 0 Å². The van der Waals surface area contributed by atoms with Crippen LogP contribution in [0.4, 0.5) is 0 Å². The van der Waals surface area contributed by atoms with Crippen LogP contribution in [0, 0.1) is 5.92 Å². The number of carbonyl (C=O) groups is 2. The molecule has 0 saturated carbocycles. The zero-order valence-electron chi connectivity index (χ0n) is 9.81. The molecule has 1 N–H and O–H groups in total. The highest BCUT2D eigenvalue weighted by Gasteiger charge is 2.30. The summed E-state index contributed by atoms with van der Waals surface area (Å²) < 4.78 is 0. The number of likely N-dealkylation sites (tertiary alicyclic amines) is 1. The molecular weight excluding hydrogens is 226 g/mol. The van der Waals surface area contributed by atoms with Gasteiger partial charge in [0.15, 0.2) is 5.12 Å². The van der Waals surface area contributed by atoms with Gasteiger partial charge in [-0.3, -0.25) is 14.5 Å². The third-order valence-corrected chi connectivity index (χ3v) is 3.91. The minimum Gasteiger partial charge on any atom is -0.480 e. The van der Waals surface area contributed by atoms with Crippen molar-refractivity contribution in [2.75, 3.05) is 18.8 Å². The predicted octanol–water partition coefficient (Wildman–Crippen LogP) is 1.45. The van der Waals surface area contributed by atoms with Crippen LogP contribution in [0.25, 0.3) is 0 Å². The summed E-state index contributed by atoms with van der Waals surface area (Å²) in [6.07, 6.45) is 1.71. The molecule has 0 aliphatic carbocycles. The maximum Gasteiger partial charge on any atom is 0.320 e. The van der Waals surface area contributed by atoms with Gasteiger partial charge in [0.25, 0.3) is 0 Å². The second kappa shape index (κ2) is 6.25. The normalized spacial score (nSPS) is 23.2. The topological polar surface area (TPSA) is 57.6 Å². The van der Waals surface area contributed by atoms with Gasteiger partial charge in [-0.05, 0) is 25.3 Å². The van der Waals surface area contributed by atoms with E-state index in [1.807, 2.05) is 4.90 Å². The van der Waals surface area contributed by atoms with Gasteiger partial charge in [0, 0.05) is 19.2 Å². The molecule has 0 aromatic carbocycles. The van der Waals surface area contributed by atoms with E-state index in [4.69, 9.17) is 5.11 Å². The van der Waals surface area contributed by atoms with Crippen molar-refractivity contribution in [2.24, 2.45) is 5.92 Å². The molecule has 0 amide bonds. The van der Waals surface area contributed by atoms with Crippen molar-refractivity contribution in [3.8, 4) is 0 Å². The average Bonchev–Trinajstić information content (AvgIpc) is 2.62. The maximum absolute atomic E-state index is 11.0. The molecule has 92 valence electrons. The number of aliphatic carboxylic acids is 1. The fraction of sp³-hybridized carbons (Fsp3) is 0.818. The minimum atomic E-state index is -0.719. The van der Waals surface area contributed by atoms with Crippen LogP contribution in [-0.2, 0) is 9.59 Å². The molecule has 2 unspecified atom stereocenters. The predicted molar refractivity (Wildman–Crippen MR) is 64.5 cm³/mol. The molecule has 1 aliphatic heterocycles. The third kappa shape index (κ3) is 4.14. The van der Waals surface area contributed by atoms with Gasteiger partial charge in [0.1, 0.15) is 6.04 Å². The van der Waals surface area contributed by atoms with Gasteiger partial charge < -0.3 is 5.11 Å². The van der Waals surface area contributed by atoms with Crippen molar-refractivity contribution in [2.45, 2.75) is 32.7 Å². The van der Waals surface area contributed by atoms with E-state index in [0.29, 0.717) is 5.92 Å². The zero-order valence-corrected chi connectivity index (χ0v) is 10.6. The van der Waals surface area contributed by atoms with Gasteiger partial charge in [-0.25, -0.2) is 0 Å². The SMILES string of the molecule is CC(=O)SCC(C)CN1CCCC1C(=O)O. The highest BCUT2D eigenvalue weighted by atomic mass is 32.2. The average molecular weight is 245 g/mol. The van der Waals surface area contributed by atoms with Crippen molar-refractivity contribution in [3.63, 3.8) is 0 Å². The quantitative estimate of drug-likeness (QED) is 0.794. The summed E-state index contributed by atoms with van der Waals surface area (Å²) in [6.45, 7) is 5.27. The molecule has 5 heteroatoms. The molecule has 1 rings (SSSR count). The van der Waals surface area contributed by atoms with Crippen molar-refractivity contribution < 1.29 is 14.7 Å². The van der Waals surface area contributed by atoms with E-state index in [1.165, 1.54) is 11.8 Å². The Morgan fingerprint density at radius 3 is 2.81 bits per heavy atom. The van der Waals surface area contributed by atoms with E-state index in [9.17, 15) is 9.59 Å². The molecule has 0 bridgehead atoms. The number of carbonyl (C=O) groups excluding carboxylic acids is 1. The molecule has 0 aromatic rings. The number of carboxylic acids is 1. The van der Waals surface area contributed by atoms with Gasteiger partial charge in [-0.2, -0.15) is 0 Å². The van der Waals surface area contributed by atoms with E-state index in [1.54, 1.807) is 6.92 Å². The molecule has 1 heterocycles. The first-order chi connectivity index (χ1) is 7.50.